The highest BCUT2D eigenvalue weighted by Gasteiger charge is 2.15. The van der Waals surface area contributed by atoms with Gasteiger partial charge in [-0.3, -0.25) is 4.99 Å². The lowest BCUT2D eigenvalue weighted by Crippen LogP contribution is -2.32. The molecule has 0 bridgehead atoms. The number of hydrogen-bond donors (Lipinski definition) is 3. The minimum atomic E-state index is -3.50. The lowest BCUT2D eigenvalue weighted by atomic mass is 10.2. The van der Waals surface area contributed by atoms with Gasteiger partial charge in [0.15, 0.2) is 17.5 Å². The quantitative estimate of drug-likeness (QED) is 0.176. The standard InChI is InChI=1S/C19H28N4O4S2.HI/c1-5-20-19(23-15-8-9-16(27-6-2)17(13-15)26-4)21-11-12-22-29(24,25)18-10-7-14(3)28-18;/h7-10,13,22H,5-6,11-12H2,1-4H3,(H2,20,21,23);1H. The molecule has 0 saturated carbocycles. The number of guanidine groups is 1. The van der Waals surface area contributed by atoms with Gasteiger partial charge in [-0.25, -0.2) is 13.1 Å². The van der Waals surface area contributed by atoms with Gasteiger partial charge in [0, 0.05) is 29.7 Å². The molecular weight excluding hydrogens is 539 g/mol. The molecule has 168 valence electrons. The molecule has 0 aliphatic carbocycles. The molecule has 1 heterocycles. The average Bonchev–Trinajstić information content (AvgIpc) is 3.14. The van der Waals surface area contributed by atoms with Crippen LogP contribution in [0.3, 0.4) is 0 Å². The van der Waals surface area contributed by atoms with E-state index in [0.29, 0.717) is 34.8 Å². The fourth-order valence-electron chi connectivity index (χ4n) is 2.44. The maximum atomic E-state index is 12.3. The molecule has 1 aromatic heterocycles. The number of rotatable bonds is 10. The van der Waals surface area contributed by atoms with Crippen LogP contribution in [0.2, 0.25) is 0 Å². The van der Waals surface area contributed by atoms with Crippen molar-refractivity contribution in [3.8, 4) is 11.5 Å². The highest BCUT2D eigenvalue weighted by molar-refractivity contribution is 14.0. The molecule has 0 unspecified atom stereocenters. The van der Waals surface area contributed by atoms with E-state index >= 15 is 0 Å². The highest BCUT2D eigenvalue weighted by Crippen LogP contribution is 2.30. The number of nitrogens with one attached hydrogen (secondary N) is 3. The van der Waals surface area contributed by atoms with Crippen molar-refractivity contribution >= 4 is 57.0 Å². The van der Waals surface area contributed by atoms with E-state index in [-0.39, 0.29) is 37.1 Å². The van der Waals surface area contributed by atoms with E-state index in [4.69, 9.17) is 9.47 Å². The molecule has 0 spiro atoms. The highest BCUT2D eigenvalue weighted by atomic mass is 127. The van der Waals surface area contributed by atoms with Gasteiger partial charge in [-0.1, -0.05) is 0 Å². The fourth-order valence-corrected chi connectivity index (χ4v) is 4.79. The van der Waals surface area contributed by atoms with Crippen molar-refractivity contribution in [1.82, 2.24) is 10.0 Å². The van der Waals surface area contributed by atoms with Crippen molar-refractivity contribution in [1.29, 1.82) is 0 Å². The van der Waals surface area contributed by atoms with Gasteiger partial charge in [0.05, 0.1) is 20.3 Å². The normalized spacial score (nSPS) is 11.5. The molecule has 8 nitrogen and oxygen atoms in total. The summed E-state index contributed by atoms with van der Waals surface area (Å²) in [5.41, 5.74) is 0.777. The number of anilines is 1. The Kier molecular flexibility index (Phi) is 11.4. The average molecular weight is 569 g/mol. The van der Waals surface area contributed by atoms with Gasteiger partial charge in [0.2, 0.25) is 10.0 Å². The summed E-state index contributed by atoms with van der Waals surface area (Å²) in [4.78, 5) is 5.38. The number of halogens is 1. The second kappa shape index (κ2) is 13.0. The fraction of sp³-hybridized carbons (Fsp3) is 0.421. The molecule has 3 N–H and O–H groups in total. The van der Waals surface area contributed by atoms with Crippen LogP contribution in [0.4, 0.5) is 5.69 Å². The minimum absolute atomic E-state index is 0. The van der Waals surface area contributed by atoms with Gasteiger partial charge in [0.25, 0.3) is 0 Å². The van der Waals surface area contributed by atoms with E-state index < -0.39 is 10.0 Å². The summed E-state index contributed by atoms with van der Waals surface area (Å²) in [7, 11) is -1.91. The van der Waals surface area contributed by atoms with Crippen molar-refractivity contribution in [2.75, 3.05) is 38.7 Å². The van der Waals surface area contributed by atoms with Gasteiger partial charge in [0.1, 0.15) is 4.21 Å². The van der Waals surface area contributed by atoms with Gasteiger partial charge < -0.3 is 20.1 Å². The largest absolute Gasteiger partial charge is 0.493 e. The first-order valence-electron chi connectivity index (χ1n) is 9.31. The van der Waals surface area contributed by atoms with Crippen LogP contribution >= 0.6 is 35.3 Å². The van der Waals surface area contributed by atoms with Crippen molar-refractivity contribution in [3.05, 3.63) is 35.2 Å². The molecule has 30 heavy (non-hydrogen) atoms. The maximum Gasteiger partial charge on any atom is 0.250 e. The smallest absolute Gasteiger partial charge is 0.250 e. The number of nitrogens with zero attached hydrogens (tertiary/aromatic N) is 1. The maximum absolute atomic E-state index is 12.3. The number of ether oxygens (including phenoxy) is 2. The van der Waals surface area contributed by atoms with Crippen LogP contribution in [0, 0.1) is 6.92 Å². The van der Waals surface area contributed by atoms with Crippen LogP contribution in [0.1, 0.15) is 18.7 Å². The summed E-state index contributed by atoms with van der Waals surface area (Å²) >= 11 is 1.24. The number of thiophene rings is 1. The Hall–Kier alpha value is -1.57. The molecule has 0 amide bonds. The second-order valence-corrected chi connectivity index (χ2v) is 9.23. The summed E-state index contributed by atoms with van der Waals surface area (Å²) in [6, 6.07) is 8.90. The molecule has 2 rings (SSSR count). The molecular formula is C19H29IN4O4S2. The zero-order valence-electron chi connectivity index (χ0n) is 17.5. The van der Waals surface area contributed by atoms with Gasteiger partial charge in [-0.05, 0) is 45.0 Å². The van der Waals surface area contributed by atoms with Crippen LogP contribution in [0.15, 0.2) is 39.5 Å². The summed E-state index contributed by atoms with van der Waals surface area (Å²) in [5.74, 6) is 1.83. The first-order valence-corrected chi connectivity index (χ1v) is 11.6. The molecule has 0 aliphatic rings. The Balaban J connectivity index is 0.00000450. The molecule has 2 aromatic rings. The number of aryl methyl sites for hydroxylation is 1. The number of aliphatic imine (C=N–C) groups is 1. The van der Waals surface area contributed by atoms with E-state index in [1.165, 1.54) is 11.3 Å². The molecule has 0 aliphatic heterocycles. The Bertz CT molecular complexity index is 932. The van der Waals surface area contributed by atoms with Crippen LogP contribution in [-0.2, 0) is 10.0 Å². The Morgan fingerprint density at radius 3 is 2.53 bits per heavy atom. The predicted molar refractivity (Wildman–Crippen MR) is 133 cm³/mol. The Morgan fingerprint density at radius 1 is 1.17 bits per heavy atom. The van der Waals surface area contributed by atoms with Crippen molar-refractivity contribution in [2.45, 2.75) is 25.0 Å². The van der Waals surface area contributed by atoms with Crippen molar-refractivity contribution < 1.29 is 17.9 Å². The third-order valence-electron chi connectivity index (χ3n) is 3.72. The van der Waals surface area contributed by atoms with E-state index in [2.05, 4.69) is 20.3 Å². The molecule has 0 atom stereocenters. The van der Waals surface area contributed by atoms with E-state index in [0.717, 1.165) is 10.6 Å². The van der Waals surface area contributed by atoms with E-state index in [1.54, 1.807) is 19.2 Å². The minimum Gasteiger partial charge on any atom is -0.493 e. The number of sulfonamides is 1. The molecule has 0 saturated heterocycles. The molecule has 11 heteroatoms. The zero-order chi connectivity index (χ0) is 21.3. The first-order chi connectivity index (χ1) is 13.9. The number of hydrogen-bond acceptors (Lipinski definition) is 6. The van der Waals surface area contributed by atoms with Crippen LogP contribution < -0.4 is 24.8 Å². The lowest BCUT2D eigenvalue weighted by molar-refractivity contribution is 0.311. The second-order valence-electron chi connectivity index (χ2n) is 5.95. The summed E-state index contributed by atoms with van der Waals surface area (Å²) in [6.07, 6.45) is 0. The zero-order valence-corrected chi connectivity index (χ0v) is 21.5. The predicted octanol–water partition coefficient (Wildman–Crippen LogP) is 3.44. The molecule has 1 aromatic carbocycles. The summed E-state index contributed by atoms with van der Waals surface area (Å²) in [5, 5.41) is 6.32. The Labute approximate surface area is 199 Å². The summed E-state index contributed by atoms with van der Waals surface area (Å²) < 4.78 is 38.3. The first kappa shape index (κ1) is 26.5. The van der Waals surface area contributed by atoms with Gasteiger partial charge in [-0.15, -0.1) is 35.3 Å². The van der Waals surface area contributed by atoms with Crippen molar-refractivity contribution in [3.63, 3.8) is 0 Å². The molecule has 0 radical (unpaired) electrons. The van der Waals surface area contributed by atoms with Crippen LogP contribution in [0.5, 0.6) is 11.5 Å². The number of benzene rings is 1. The van der Waals surface area contributed by atoms with Gasteiger partial charge in [-0.2, -0.15) is 0 Å². The van der Waals surface area contributed by atoms with E-state index in [9.17, 15) is 8.42 Å². The Morgan fingerprint density at radius 2 is 1.93 bits per heavy atom. The summed E-state index contributed by atoms with van der Waals surface area (Å²) in [6.45, 7) is 7.44. The van der Waals surface area contributed by atoms with E-state index in [1.807, 2.05) is 39.0 Å². The topological polar surface area (TPSA) is 101 Å². The molecule has 0 fully saturated rings. The van der Waals surface area contributed by atoms with Crippen LogP contribution in [-0.4, -0.2) is 47.7 Å². The number of methoxy groups -OCH3 is 1. The third kappa shape index (κ3) is 7.93. The van der Waals surface area contributed by atoms with Gasteiger partial charge >= 0.3 is 0 Å². The lowest BCUT2D eigenvalue weighted by Gasteiger charge is -2.14. The third-order valence-corrected chi connectivity index (χ3v) is 6.68. The van der Waals surface area contributed by atoms with Crippen molar-refractivity contribution in [2.24, 2.45) is 4.99 Å². The SMILES string of the molecule is CCNC(=NCCNS(=O)(=O)c1ccc(C)s1)Nc1ccc(OCC)c(OC)c1.I. The van der Waals surface area contributed by atoms with Crippen LogP contribution in [0.25, 0.3) is 0 Å². The monoisotopic (exact) mass is 568 g/mol.